The Morgan fingerprint density at radius 1 is 0.982 bits per heavy atom. The first-order valence-corrected chi connectivity index (χ1v) is 21.5. The Morgan fingerprint density at radius 2 is 1.79 bits per heavy atom. The smallest absolute Gasteiger partial charge is 0.229 e. The highest BCUT2D eigenvalue weighted by Crippen LogP contribution is 2.58. The molecule has 9 atom stereocenters. The summed E-state index contributed by atoms with van der Waals surface area (Å²) in [5, 5.41) is 80.2. The maximum atomic E-state index is 15.6. The van der Waals surface area contributed by atoms with E-state index < -0.39 is 65.0 Å². The van der Waals surface area contributed by atoms with Gasteiger partial charge in [-0.1, -0.05) is 64.1 Å². The van der Waals surface area contributed by atoms with Gasteiger partial charge in [-0.05, 0) is 91.0 Å². The molecule has 2 aliphatic carbocycles. The molecule has 9 rings (SSSR count). The standard InChI is InChI=1S/C42H46N2O11S2/c45-15-3-8-32-42-28(18-24(19-31(42)48)17-22-4-1-5-23(16-22)20-46)35(49)27-6-2-7-29(34(27)37(42)51)54-40-38(52)41(53,36(50)30(21-47)55-40)13-11-25-12-14-43-39-26(25)9-10-33(44-39)57-56-32/h1-2,4-7,12,14,16,18-19,28,30,32-33,36,38,40,45-48,50,52-53H,3,8-11,13,15,17,20-21H2,(H,43,44). The molecule has 13 nitrogen and oxygen atoms in total. The fraction of sp³-hybridized carbons (Fsp3) is 0.452. The number of ketones is 2. The van der Waals surface area contributed by atoms with E-state index in [0.717, 1.165) is 16.7 Å². The minimum Gasteiger partial charge on any atom is -0.511 e. The molecule has 5 heterocycles. The van der Waals surface area contributed by atoms with Crippen molar-refractivity contribution in [2.24, 2.45) is 11.3 Å². The Bertz CT molecular complexity index is 2110. The van der Waals surface area contributed by atoms with Gasteiger partial charge in [-0.25, -0.2) is 4.98 Å². The number of allylic oxidation sites excluding steroid dienone is 4. The van der Waals surface area contributed by atoms with E-state index in [2.05, 4.69) is 10.3 Å². The average molecular weight is 819 g/mol. The highest BCUT2D eigenvalue weighted by molar-refractivity contribution is 8.77. The van der Waals surface area contributed by atoms with Gasteiger partial charge in [-0.2, -0.15) is 0 Å². The molecule has 1 aromatic heterocycles. The number of aryl methyl sites for hydroxylation is 1. The summed E-state index contributed by atoms with van der Waals surface area (Å²) in [7, 11) is 2.85. The number of anilines is 1. The van der Waals surface area contributed by atoms with Gasteiger partial charge >= 0.3 is 0 Å². The second-order valence-corrected chi connectivity index (χ2v) is 18.1. The number of fused-ring (bicyclic) bond motifs is 4. The lowest BCUT2D eigenvalue weighted by atomic mass is 9.57. The monoisotopic (exact) mass is 818 g/mol. The third-order valence-electron chi connectivity index (χ3n) is 12.1. The van der Waals surface area contributed by atoms with Gasteiger partial charge in [-0.3, -0.25) is 9.59 Å². The molecular formula is C42H46N2O11S2. The van der Waals surface area contributed by atoms with E-state index in [1.54, 1.807) is 18.3 Å². The fourth-order valence-electron chi connectivity index (χ4n) is 9.08. The second kappa shape index (κ2) is 16.1. The molecule has 6 aliphatic rings. The first-order chi connectivity index (χ1) is 27.5. The Hall–Kier alpha value is -3.77. The van der Waals surface area contributed by atoms with Crippen molar-refractivity contribution in [2.45, 2.75) is 92.4 Å². The zero-order chi connectivity index (χ0) is 40.1. The van der Waals surface area contributed by atoms with E-state index in [-0.39, 0.29) is 66.9 Å². The third kappa shape index (κ3) is 6.90. The van der Waals surface area contributed by atoms with Crippen LogP contribution < -0.4 is 10.1 Å². The lowest BCUT2D eigenvalue weighted by Gasteiger charge is -2.49. The molecule has 302 valence electrons. The number of ether oxygens (including phenoxy) is 2. The number of nitrogens with zero attached hydrogens (tertiary/aromatic N) is 1. The molecule has 3 aromatic rings. The van der Waals surface area contributed by atoms with Gasteiger partial charge in [0.1, 0.15) is 46.7 Å². The van der Waals surface area contributed by atoms with Crippen LogP contribution in [-0.4, -0.2) is 106 Å². The predicted molar refractivity (Wildman–Crippen MR) is 213 cm³/mol. The number of rotatable bonds is 7. The number of carbonyl (C=O) groups excluding carboxylic acids is 2. The summed E-state index contributed by atoms with van der Waals surface area (Å²) in [5.41, 5.74) is -0.263. The number of benzene rings is 2. The largest absolute Gasteiger partial charge is 0.511 e. The van der Waals surface area contributed by atoms with Crippen molar-refractivity contribution in [2.75, 3.05) is 18.5 Å². The summed E-state index contributed by atoms with van der Waals surface area (Å²) in [6, 6.07) is 13.6. The molecule has 1 spiro atoms. The number of pyridine rings is 1. The van der Waals surface area contributed by atoms with Gasteiger partial charge < -0.3 is 50.5 Å². The molecule has 2 aromatic carbocycles. The van der Waals surface area contributed by atoms with Gasteiger partial charge in [0.15, 0.2) is 11.6 Å². The molecular weight excluding hydrogens is 773 g/mol. The zero-order valence-electron chi connectivity index (χ0n) is 31.0. The van der Waals surface area contributed by atoms with E-state index in [9.17, 15) is 40.5 Å². The zero-order valence-corrected chi connectivity index (χ0v) is 32.6. The van der Waals surface area contributed by atoms with Crippen LogP contribution in [0.25, 0.3) is 0 Å². The first-order valence-electron chi connectivity index (χ1n) is 19.2. The number of Topliss-reactive ketones (excluding diaryl/α,β-unsaturated/α-hetero) is 2. The summed E-state index contributed by atoms with van der Waals surface area (Å²) in [6.07, 6.45) is 0.459. The van der Waals surface area contributed by atoms with Crippen LogP contribution in [0.3, 0.4) is 0 Å². The molecule has 8 N–H and O–H groups in total. The lowest BCUT2D eigenvalue weighted by molar-refractivity contribution is -0.315. The quantitative estimate of drug-likeness (QED) is 0.160. The summed E-state index contributed by atoms with van der Waals surface area (Å²) >= 11 is 0. The number of aromatic nitrogens is 1. The fourth-order valence-corrected chi connectivity index (χ4v) is 12.5. The number of hydrogen-bond acceptors (Lipinski definition) is 15. The maximum absolute atomic E-state index is 15.6. The van der Waals surface area contributed by atoms with Crippen LogP contribution in [0.15, 0.2) is 78.2 Å². The van der Waals surface area contributed by atoms with Crippen molar-refractivity contribution in [3.63, 3.8) is 0 Å². The van der Waals surface area contributed by atoms with Crippen LogP contribution in [0.5, 0.6) is 5.75 Å². The number of hydrogen-bond donors (Lipinski definition) is 8. The second-order valence-electron chi connectivity index (χ2n) is 15.4. The number of nitrogens with one attached hydrogen (secondary N) is 1. The van der Waals surface area contributed by atoms with E-state index in [1.165, 1.54) is 45.9 Å². The van der Waals surface area contributed by atoms with Crippen molar-refractivity contribution < 1.29 is 54.8 Å². The summed E-state index contributed by atoms with van der Waals surface area (Å²) in [4.78, 5) is 35.1. The predicted octanol–water partition coefficient (Wildman–Crippen LogP) is 3.58. The van der Waals surface area contributed by atoms with Gasteiger partial charge in [-0.15, -0.1) is 0 Å². The van der Waals surface area contributed by atoms with E-state index in [0.29, 0.717) is 36.2 Å². The molecule has 1 saturated heterocycles. The molecule has 4 aliphatic heterocycles. The summed E-state index contributed by atoms with van der Waals surface area (Å²) in [6.45, 7) is -1.07. The van der Waals surface area contributed by atoms with Crippen LogP contribution >= 0.6 is 21.6 Å². The number of aliphatic hydroxyl groups is 7. The highest BCUT2D eigenvalue weighted by Gasteiger charge is 2.62. The molecule has 1 fully saturated rings. The van der Waals surface area contributed by atoms with Gasteiger partial charge in [0, 0.05) is 23.6 Å². The Balaban J connectivity index is 1.29. The van der Waals surface area contributed by atoms with Gasteiger partial charge in [0.2, 0.25) is 6.29 Å². The third-order valence-corrected chi connectivity index (χ3v) is 15.3. The summed E-state index contributed by atoms with van der Waals surface area (Å²) < 4.78 is 12.1. The minimum atomic E-state index is -2.23. The Labute approximate surface area is 337 Å². The Morgan fingerprint density at radius 3 is 2.58 bits per heavy atom. The van der Waals surface area contributed by atoms with Crippen molar-refractivity contribution in [3.8, 4) is 5.75 Å². The van der Waals surface area contributed by atoms with Crippen molar-refractivity contribution >= 4 is 39.0 Å². The van der Waals surface area contributed by atoms with E-state index in [4.69, 9.17) is 9.47 Å². The van der Waals surface area contributed by atoms with E-state index in [1.807, 2.05) is 24.3 Å². The molecule has 8 bridgehead atoms. The molecule has 15 heteroatoms. The lowest BCUT2D eigenvalue weighted by Crippen LogP contribution is -2.68. The average Bonchev–Trinajstić information content (AvgIpc) is 3.22. The number of aliphatic hydroxyl groups excluding tert-OH is 6. The van der Waals surface area contributed by atoms with Gasteiger partial charge in [0.25, 0.3) is 0 Å². The van der Waals surface area contributed by atoms with Crippen LogP contribution in [0.1, 0.15) is 68.7 Å². The highest BCUT2D eigenvalue weighted by atomic mass is 33.1. The molecule has 57 heavy (non-hydrogen) atoms. The van der Waals surface area contributed by atoms with Crippen molar-refractivity contribution in [1.29, 1.82) is 0 Å². The molecule has 0 radical (unpaired) electrons. The van der Waals surface area contributed by atoms with Crippen LogP contribution in [-0.2, 0) is 30.6 Å². The maximum Gasteiger partial charge on any atom is 0.229 e. The van der Waals surface area contributed by atoms with Crippen LogP contribution in [0.2, 0.25) is 0 Å². The van der Waals surface area contributed by atoms with Crippen LogP contribution in [0, 0.1) is 11.3 Å². The van der Waals surface area contributed by atoms with Crippen LogP contribution in [0.4, 0.5) is 5.82 Å². The SMILES string of the molecule is O=C1c2cccc3c2C(=O)C2(C(O)=CC(Cc4cccc(CO)c4)=CC12)C(CCCO)SSC1CCc2c(ccnc2N1)CCC1(O)C(O)C(CO)OC(O3)C1O. The van der Waals surface area contributed by atoms with Crippen molar-refractivity contribution in [1.82, 2.24) is 4.98 Å². The minimum absolute atomic E-state index is 0.0315. The van der Waals surface area contributed by atoms with E-state index >= 15 is 4.79 Å². The van der Waals surface area contributed by atoms with Crippen molar-refractivity contribution in [3.05, 3.63) is 112 Å². The number of carbonyl (C=O) groups is 2. The Kier molecular flexibility index (Phi) is 11.3. The summed E-state index contributed by atoms with van der Waals surface area (Å²) in [5.74, 6) is -2.03. The van der Waals surface area contributed by atoms with Gasteiger partial charge in [0.05, 0.1) is 30.1 Å². The molecule has 0 saturated carbocycles. The first kappa shape index (κ1) is 40.0. The topological polar surface area (TPSA) is 219 Å². The normalized spacial score (nSPS) is 32.2. The molecule has 9 unspecified atom stereocenters. The molecule has 0 amide bonds.